The Bertz CT molecular complexity index is 615. The summed E-state index contributed by atoms with van der Waals surface area (Å²) in [5.74, 6) is -0.348. The van der Waals surface area contributed by atoms with E-state index in [2.05, 4.69) is 22.4 Å². The first-order chi connectivity index (χ1) is 10.9. The van der Waals surface area contributed by atoms with Crippen molar-refractivity contribution in [1.29, 1.82) is 0 Å². The lowest BCUT2D eigenvalue weighted by Gasteiger charge is -2.36. The third kappa shape index (κ3) is 2.95. The molecule has 8 heteroatoms. The minimum absolute atomic E-state index is 0.125. The van der Waals surface area contributed by atoms with Crippen molar-refractivity contribution in [3.05, 3.63) is 21.9 Å². The highest BCUT2D eigenvalue weighted by atomic mass is 16.6. The summed E-state index contributed by atoms with van der Waals surface area (Å²) in [6.45, 7) is 3.45. The number of carbonyl (C=O) groups is 1. The molecule has 0 saturated carbocycles. The van der Waals surface area contributed by atoms with Crippen LogP contribution in [0.5, 0.6) is 0 Å². The molecule has 0 aromatic carbocycles. The highest BCUT2D eigenvalue weighted by Crippen LogP contribution is 2.34. The first-order valence-corrected chi connectivity index (χ1v) is 8.09. The van der Waals surface area contributed by atoms with Gasteiger partial charge < -0.3 is 20.3 Å². The van der Waals surface area contributed by atoms with Crippen molar-refractivity contribution in [2.75, 3.05) is 7.05 Å². The van der Waals surface area contributed by atoms with Gasteiger partial charge in [0.15, 0.2) is 0 Å². The maximum absolute atomic E-state index is 12.5. The highest BCUT2D eigenvalue weighted by Gasteiger charge is 2.39. The van der Waals surface area contributed by atoms with E-state index in [0.717, 1.165) is 12.8 Å². The van der Waals surface area contributed by atoms with Gasteiger partial charge in [-0.15, -0.1) is 0 Å². The van der Waals surface area contributed by atoms with Crippen molar-refractivity contribution in [2.24, 2.45) is 0 Å². The Morgan fingerprint density at radius 1 is 1.43 bits per heavy atom. The molecule has 8 nitrogen and oxygen atoms in total. The zero-order valence-electron chi connectivity index (χ0n) is 13.7. The van der Waals surface area contributed by atoms with Crippen LogP contribution in [0.1, 0.15) is 44.3 Å². The van der Waals surface area contributed by atoms with Crippen LogP contribution in [0, 0.1) is 17.0 Å². The van der Waals surface area contributed by atoms with Crippen molar-refractivity contribution in [3.8, 4) is 0 Å². The molecule has 3 atom stereocenters. The lowest BCUT2D eigenvalue weighted by molar-refractivity contribution is -0.389. The van der Waals surface area contributed by atoms with Gasteiger partial charge in [-0.25, -0.2) is 0 Å². The number of nitro groups is 1. The molecule has 2 saturated heterocycles. The minimum Gasteiger partial charge on any atom is -0.358 e. The molecule has 0 spiro atoms. The maximum atomic E-state index is 12.5. The molecule has 2 aliphatic heterocycles. The average Bonchev–Trinajstić information content (AvgIpc) is 2.95. The summed E-state index contributed by atoms with van der Waals surface area (Å²) in [6, 6.07) is 2.13. The molecule has 1 aromatic rings. The predicted molar refractivity (Wildman–Crippen MR) is 84.1 cm³/mol. The molecule has 2 bridgehead atoms. The third-order valence-corrected chi connectivity index (χ3v) is 5.29. The zero-order valence-corrected chi connectivity index (χ0v) is 13.7. The molecule has 0 aliphatic carbocycles. The number of aryl methyl sites for hydroxylation is 1. The molecule has 1 aromatic heterocycles. The van der Waals surface area contributed by atoms with Crippen LogP contribution >= 0.6 is 0 Å². The van der Waals surface area contributed by atoms with E-state index in [4.69, 9.17) is 0 Å². The third-order valence-electron chi connectivity index (χ3n) is 5.29. The number of nitrogens with zero attached hydrogens (tertiary/aromatic N) is 4. The molecule has 23 heavy (non-hydrogen) atoms. The summed E-state index contributed by atoms with van der Waals surface area (Å²) in [4.78, 5) is 25.2. The second kappa shape index (κ2) is 5.92. The van der Waals surface area contributed by atoms with E-state index in [1.54, 1.807) is 13.8 Å². The van der Waals surface area contributed by atoms with Crippen LogP contribution in [0.2, 0.25) is 0 Å². The molecule has 126 valence electrons. The molecule has 1 N–H and O–H groups in total. The molecule has 0 radical (unpaired) electrons. The number of hydrogen-bond acceptors (Lipinski definition) is 5. The van der Waals surface area contributed by atoms with Gasteiger partial charge in [0.05, 0.1) is 16.9 Å². The van der Waals surface area contributed by atoms with Gasteiger partial charge in [-0.3, -0.25) is 4.79 Å². The van der Waals surface area contributed by atoms with Gasteiger partial charge in [0.1, 0.15) is 6.04 Å². The first kappa shape index (κ1) is 15.9. The molecule has 1 amide bonds. The number of piperidine rings is 1. The van der Waals surface area contributed by atoms with E-state index in [0.29, 0.717) is 17.8 Å². The monoisotopic (exact) mass is 321 g/mol. The summed E-state index contributed by atoms with van der Waals surface area (Å²) in [5, 5.41) is 17.8. The van der Waals surface area contributed by atoms with Crippen LogP contribution in [-0.4, -0.2) is 50.7 Å². The van der Waals surface area contributed by atoms with Crippen molar-refractivity contribution < 1.29 is 9.72 Å². The Morgan fingerprint density at radius 2 is 2.04 bits per heavy atom. The molecule has 3 heterocycles. The number of hydrogen-bond donors (Lipinski definition) is 1. The Morgan fingerprint density at radius 3 is 2.57 bits per heavy atom. The van der Waals surface area contributed by atoms with Crippen LogP contribution in [0.15, 0.2) is 6.07 Å². The first-order valence-electron chi connectivity index (χ1n) is 8.09. The van der Waals surface area contributed by atoms with E-state index in [1.165, 1.54) is 23.6 Å². The molecular formula is C15H23N5O3. The van der Waals surface area contributed by atoms with Crippen LogP contribution in [0.3, 0.4) is 0 Å². The summed E-state index contributed by atoms with van der Waals surface area (Å²) in [5.41, 5.74) is 0.614. The normalized spacial score (nSPS) is 28.6. The number of amides is 1. The van der Waals surface area contributed by atoms with Crippen molar-refractivity contribution in [2.45, 2.75) is 63.7 Å². The van der Waals surface area contributed by atoms with Gasteiger partial charge in [-0.2, -0.15) is 4.68 Å². The van der Waals surface area contributed by atoms with Gasteiger partial charge in [-0.1, -0.05) is 0 Å². The van der Waals surface area contributed by atoms with E-state index >= 15 is 0 Å². The maximum Gasteiger partial charge on any atom is 0.390 e. The van der Waals surface area contributed by atoms with E-state index in [9.17, 15) is 14.9 Å². The Balaban J connectivity index is 1.65. The number of aromatic nitrogens is 2. The summed E-state index contributed by atoms with van der Waals surface area (Å²) in [6.07, 6.45) is 4.36. The minimum atomic E-state index is -0.555. The van der Waals surface area contributed by atoms with Crippen molar-refractivity contribution in [3.63, 3.8) is 0 Å². The Kier molecular flexibility index (Phi) is 4.09. The van der Waals surface area contributed by atoms with Crippen LogP contribution in [-0.2, 0) is 4.79 Å². The average molecular weight is 321 g/mol. The van der Waals surface area contributed by atoms with E-state index in [-0.39, 0.29) is 17.8 Å². The second-order valence-corrected chi connectivity index (χ2v) is 6.75. The Labute approximate surface area is 135 Å². The highest BCUT2D eigenvalue weighted by molar-refractivity contribution is 5.80. The van der Waals surface area contributed by atoms with Crippen LogP contribution in [0.25, 0.3) is 0 Å². The second-order valence-electron chi connectivity index (χ2n) is 6.75. The number of carbonyl (C=O) groups excluding carboxylic acids is 1. The number of nitrogens with one attached hydrogen (secondary N) is 1. The quantitative estimate of drug-likeness (QED) is 0.668. The molecule has 2 fully saturated rings. The van der Waals surface area contributed by atoms with Gasteiger partial charge in [0.2, 0.25) is 5.91 Å². The topological polar surface area (TPSA) is 93.3 Å². The van der Waals surface area contributed by atoms with Crippen molar-refractivity contribution in [1.82, 2.24) is 20.0 Å². The molecular weight excluding hydrogens is 298 g/mol. The fraction of sp³-hybridized carbons (Fsp3) is 0.733. The Hall–Kier alpha value is -1.96. The molecule has 3 unspecified atom stereocenters. The summed E-state index contributed by atoms with van der Waals surface area (Å²) in [7, 11) is 2.16. The van der Waals surface area contributed by atoms with Gasteiger partial charge in [0.25, 0.3) is 0 Å². The standard InChI is InChI=1S/C15H23N5O3/c1-9-6-14(20(22)23)17-19(9)10(2)15(21)16-11-7-12-4-5-13(8-11)18(12)3/h6,10-13H,4-5,7-8H2,1-3H3,(H,16,21). The lowest BCUT2D eigenvalue weighted by Crippen LogP contribution is -2.49. The van der Waals surface area contributed by atoms with Gasteiger partial charge >= 0.3 is 5.82 Å². The van der Waals surface area contributed by atoms with Gasteiger partial charge in [-0.05, 0) is 51.5 Å². The van der Waals surface area contributed by atoms with E-state index < -0.39 is 11.0 Å². The molecule has 2 aliphatic rings. The fourth-order valence-electron chi connectivity index (χ4n) is 3.91. The van der Waals surface area contributed by atoms with Gasteiger partial charge in [0, 0.05) is 18.1 Å². The largest absolute Gasteiger partial charge is 0.390 e. The molecule has 3 rings (SSSR count). The SMILES string of the molecule is Cc1cc([N+](=O)[O-])nn1C(C)C(=O)NC1CC2CCC(C1)N2C. The summed E-state index contributed by atoms with van der Waals surface area (Å²) < 4.78 is 1.43. The number of rotatable bonds is 4. The fourth-order valence-corrected chi connectivity index (χ4v) is 3.91. The van der Waals surface area contributed by atoms with Crippen molar-refractivity contribution >= 4 is 11.7 Å². The number of fused-ring (bicyclic) bond motifs is 2. The summed E-state index contributed by atoms with van der Waals surface area (Å²) >= 11 is 0. The zero-order chi connectivity index (χ0) is 16.7. The smallest absolute Gasteiger partial charge is 0.358 e. The lowest BCUT2D eigenvalue weighted by atomic mass is 9.98. The van der Waals surface area contributed by atoms with E-state index in [1.807, 2.05) is 0 Å². The predicted octanol–water partition coefficient (Wildman–Crippen LogP) is 1.40. The van der Waals surface area contributed by atoms with Crippen LogP contribution in [0.4, 0.5) is 5.82 Å². The van der Waals surface area contributed by atoms with Crippen LogP contribution < -0.4 is 5.32 Å².